The molecule has 3 aromatic rings. The maximum atomic E-state index is 11.6. The van der Waals surface area contributed by atoms with Crippen molar-refractivity contribution >= 4 is 50.1 Å². The molecule has 0 aliphatic heterocycles. The minimum Gasteiger partial charge on any atom is -0.302 e. The van der Waals surface area contributed by atoms with Crippen molar-refractivity contribution in [2.45, 2.75) is 18.2 Å². The summed E-state index contributed by atoms with van der Waals surface area (Å²) in [5.74, 6) is -0.233. The number of hydrogen-bond donors (Lipinski definition) is 1. The molecule has 0 aliphatic carbocycles. The molecule has 10 heteroatoms. The molecule has 31 heavy (non-hydrogen) atoms. The molecule has 0 aliphatic rings. The number of amides is 1. The van der Waals surface area contributed by atoms with Crippen molar-refractivity contribution in [2.75, 3.05) is 11.6 Å². The van der Waals surface area contributed by atoms with Crippen LogP contribution >= 0.6 is 11.3 Å². The summed E-state index contributed by atoms with van der Waals surface area (Å²) >= 11 is 1.33. The fourth-order valence-corrected chi connectivity index (χ4v) is 4.41. The Balaban J connectivity index is 1.87. The van der Waals surface area contributed by atoms with Gasteiger partial charge in [0, 0.05) is 36.6 Å². The van der Waals surface area contributed by atoms with Crippen molar-refractivity contribution in [1.82, 2.24) is 4.98 Å². The zero-order valence-electron chi connectivity index (χ0n) is 16.7. The van der Waals surface area contributed by atoms with E-state index in [4.69, 9.17) is 0 Å². The van der Waals surface area contributed by atoms with Gasteiger partial charge in [-0.15, -0.1) is 11.3 Å². The number of sulfone groups is 1. The monoisotopic (exact) mass is 457 g/mol. The molecule has 1 aromatic heterocycles. The van der Waals surface area contributed by atoms with Crippen LogP contribution in [0.5, 0.6) is 0 Å². The highest BCUT2D eigenvalue weighted by atomic mass is 32.2. The predicted octanol–water partition coefficient (Wildman–Crippen LogP) is 4.17. The molecule has 0 spiro atoms. The smallest absolute Gasteiger partial charge is 0.269 e. The van der Waals surface area contributed by atoms with Gasteiger partial charge in [0.25, 0.3) is 5.69 Å². The van der Waals surface area contributed by atoms with E-state index in [1.807, 2.05) is 0 Å². The number of carbonyl (C=O) groups is 1. The zero-order valence-corrected chi connectivity index (χ0v) is 18.4. The summed E-state index contributed by atoms with van der Waals surface area (Å²) in [5.41, 5.74) is 2.33. The first-order valence-electron chi connectivity index (χ1n) is 9.10. The molecule has 160 valence electrons. The van der Waals surface area contributed by atoms with Crippen LogP contribution in [-0.2, 0) is 21.1 Å². The van der Waals surface area contributed by atoms with Crippen molar-refractivity contribution in [3.63, 3.8) is 0 Å². The number of nitro groups is 1. The Bertz CT molecular complexity index is 1250. The highest BCUT2D eigenvalue weighted by molar-refractivity contribution is 7.90. The van der Waals surface area contributed by atoms with Crippen LogP contribution in [0.3, 0.4) is 0 Å². The fourth-order valence-electron chi connectivity index (χ4n) is 2.75. The molecule has 0 atom stereocenters. The number of aromatic nitrogens is 1. The van der Waals surface area contributed by atoms with Crippen molar-refractivity contribution < 1.29 is 18.1 Å². The molecule has 3 rings (SSSR count). The Hall–Kier alpha value is -3.37. The molecule has 1 N–H and O–H groups in total. The van der Waals surface area contributed by atoms with E-state index in [9.17, 15) is 23.3 Å². The van der Waals surface area contributed by atoms with E-state index >= 15 is 0 Å². The van der Waals surface area contributed by atoms with E-state index in [1.54, 1.807) is 48.6 Å². The predicted molar refractivity (Wildman–Crippen MR) is 121 cm³/mol. The number of non-ortho nitro benzene ring substituents is 1. The highest BCUT2D eigenvalue weighted by Gasteiger charge is 2.12. The van der Waals surface area contributed by atoms with E-state index < -0.39 is 14.8 Å². The van der Waals surface area contributed by atoms with Crippen molar-refractivity contribution in [2.24, 2.45) is 0 Å². The first kappa shape index (κ1) is 22.3. The molecule has 0 saturated heterocycles. The fraction of sp³-hybridized carbons (Fsp3) is 0.143. The van der Waals surface area contributed by atoms with E-state index in [2.05, 4.69) is 10.3 Å². The van der Waals surface area contributed by atoms with Crippen LogP contribution in [0.15, 0.2) is 53.4 Å². The van der Waals surface area contributed by atoms with Crippen LogP contribution in [0.1, 0.15) is 28.6 Å². The number of benzene rings is 2. The summed E-state index contributed by atoms with van der Waals surface area (Å²) in [6.07, 6.45) is 5.23. The molecule has 0 fully saturated rings. The third kappa shape index (κ3) is 6.06. The first-order chi connectivity index (χ1) is 14.6. The Morgan fingerprint density at radius 1 is 1.13 bits per heavy atom. The third-order valence-electron chi connectivity index (χ3n) is 4.26. The van der Waals surface area contributed by atoms with E-state index in [0.29, 0.717) is 17.2 Å². The Labute approximate surface area is 183 Å². The molecule has 8 nitrogen and oxygen atoms in total. The molecular weight excluding hydrogens is 438 g/mol. The third-order valence-corrected chi connectivity index (χ3v) is 6.38. The highest BCUT2D eigenvalue weighted by Crippen LogP contribution is 2.28. The largest absolute Gasteiger partial charge is 0.302 e. The lowest BCUT2D eigenvalue weighted by molar-refractivity contribution is -0.384. The van der Waals surface area contributed by atoms with E-state index in [0.717, 1.165) is 22.3 Å². The van der Waals surface area contributed by atoms with Gasteiger partial charge < -0.3 is 5.32 Å². The average Bonchev–Trinajstić information content (AvgIpc) is 3.06. The Morgan fingerprint density at radius 2 is 1.77 bits per heavy atom. The van der Waals surface area contributed by atoms with Gasteiger partial charge in [-0.25, -0.2) is 13.4 Å². The summed E-state index contributed by atoms with van der Waals surface area (Å²) in [7, 11) is -3.27. The van der Waals surface area contributed by atoms with Gasteiger partial charge >= 0.3 is 0 Å². The summed E-state index contributed by atoms with van der Waals surface area (Å²) in [6.45, 7) is 1.40. The quantitative estimate of drug-likeness (QED) is 0.420. The summed E-state index contributed by atoms with van der Waals surface area (Å²) in [4.78, 5) is 27.3. The molecule has 1 amide bonds. The zero-order chi connectivity index (χ0) is 22.6. The average molecular weight is 458 g/mol. The topological polar surface area (TPSA) is 119 Å². The van der Waals surface area contributed by atoms with Crippen LogP contribution < -0.4 is 5.32 Å². The summed E-state index contributed by atoms with van der Waals surface area (Å²) in [5, 5.41) is 13.9. The number of anilines is 1. The number of carbonyl (C=O) groups excluding carboxylic acids is 1. The van der Waals surface area contributed by atoms with Crippen LogP contribution in [0, 0.1) is 10.1 Å². The summed E-state index contributed by atoms with van der Waals surface area (Å²) in [6, 6.07) is 12.7. The standard InChI is InChI=1S/C21H19N3O5S2/c1-14(25)22-21-23-19(12-7-15-3-8-17(9-4-15)24(26)27)20(30-21)13-16-5-10-18(11-6-16)31(2,28)29/h3-12H,13H2,1-2H3,(H,22,23,25). The van der Waals surface area contributed by atoms with Crippen molar-refractivity contribution in [3.05, 3.63) is 80.3 Å². The number of nitro benzene ring substituents is 1. The second kappa shape index (κ2) is 9.19. The SMILES string of the molecule is CC(=O)Nc1nc(C=Cc2ccc([N+](=O)[O-])cc2)c(Cc2ccc(S(C)(=O)=O)cc2)s1. The van der Waals surface area contributed by atoms with Crippen LogP contribution in [-0.4, -0.2) is 30.5 Å². The maximum Gasteiger partial charge on any atom is 0.269 e. The van der Waals surface area contributed by atoms with Gasteiger partial charge in [0.05, 0.1) is 15.5 Å². The number of thiazole rings is 1. The van der Waals surface area contributed by atoms with Gasteiger partial charge in [0.15, 0.2) is 15.0 Å². The van der Waals surface area contributed by atoms with Crippen LogP contribution in [0.4, 0.5) is 10.8 Å². The minimum atomic E-state index is -3.27. The lowest BCUT2D eigenvalue weighted by Crippen LogP contribution is -2.04. The molecule has 0 unspecified atom stereocenters. The number of hydrogen-bond acceptors (Lipinski definition) is 7. The maximum absolute atomic E-state index is 11.6. The van der Waals surface area contributed by atoms with Gasteiger partial charge in [0.2, 0.25) is 5.91 Å². The minimum absolute atomic E-state index is 0.0111. The van der Waals surface area contributed by atoms with Crippen LogP contribution in [0.2, 0.25) is 0 Å². The lowest BCUT2D eigenvalue weighted by Gasteiger charge is -2.02. The molecular formula is C21H19N3O5S2. The number of rotatable bonds is 7. The van der Waals surface area contributed by atoms with Gasteiger partial charge in [0.1, 0.15) is 0 Å². The Kier molecular flexibility index (Phi) is 6.62. The van der Waals surface area contributed by atoms with Gasteiger partial charge in [-0.2, -0.15) is 0 Å². The molecule has 2 aromatic carbocycles. The first-order valence-corrected chi connectivity index (χ1v) is 11.8. The van der Waals surface area contributed by atoms with Gasteiger partial charge in [-0.05, 0) is 41.5 Å². The number of nitrogens with zero attached hydrogens (tertiary/aromatic N) is 2. The molecule has 1 heterocycles. The molecule has 0 saturated carbocycles. The van der Waals surface area contributed by atoms with Gasteiger partial charge in [-0.3, -0.25) is 14.9 Å². The summed E-state index contributed by atoms with van der Waals surface area (Å²) < 4.78 is 23.3. The Morgan fingerprint density at radius 3 is 2.32 bits per heavy atom. The van der Waals surface area contributed by atoms with Crippen molar-refractivity contribution in [1.29, 1.82) is 0 Å². The van der Waals surface area contributed by atoms with E-state index in [1.165, 1.54) is 30.4 Å². The van der Waals surface area contributed by atoms with E-state index in [-0.39, 0.29) is 16.5 Å². The normalized spacial score (nSPS) is 11.5. The molecule has 0 bridgehead atoms. The van der Waals surface area contributed by atoms with Gasteiger partial charge in [-0.1, -0.05) is 18.2 Å². The lowest BCUT2D eigenvalue weighted by atomic mass is 10.1. The van der Waals surface area contributed by atoms with Crippen LogP contribution in [0.25, 0.3) is 12.2 Å². The second-order valence-corrected chi connectivity index (χ2v) is 9.88. The second-order valence-electron chi connectivity index (χ2n) is 6.78. The van der Waals surface area contributed by atoms with Crippen molar-refractivity contribution in [3.8, 4) is 0 Å². The number of nitrogens with one attached hydrogen (secondary N) is 1. The molecule has 0 radical (unpaired) electrons.